The third-order valence-corrected chi connectivity index (χ3v) is 4.05. The average molecular weight is 439 g/mol. The SMILES string of the molecule is CCNC(=NCC(=O)N(C)C)NCCc1nc(C)c(C)s1.I. The van der Waals surface area contributed by atoms with Gasteiger partial charge in [0.15, 0.2) is 5.96 Å². The Hall–Kier alpha value is -0.900. The van der Waals surface area contributed by atoms with Crippen molar-refractivity contribution < 1.29 is 4.79 Å². The van der Waals surface area contributed by atoms with E-state index in [-0.39, 0.29) is 36.4 Å². The molecule has 0 aliphatic rings. The number of hydrogen-bond acceptors (Lipinski definition) is 4. The second-order valence-electron chi connectivity index (χ2n) is 4.91. The Labute approximate surface area is 153 Å². The summed E-state index contributed by atoms with van der Waals surface area (Å²) in [6.45, 7) is 7.77. The molecule has 0 aliphatic heterocycles. The Morgan fingerprint density at radius 1 is 1.32 bits per heavy atom. The van der Waals surface area contributed by atoms with Crippen LogP contribution in [0.15, 0.2) is 4.99 Å². The van der Waals surface area contributed by atoms with E-state index in [1.807, 2.05) is 13.8 Å². The number of hydrogen-bond donors (Lipinski definition) is 2. The van der Waals surface area contributed by atoms with Crippen LogP contribution in [0.5, 0.6) is 0 Å². The lowest BCUT2D eigenvalue weighted by Crippen LogP contribution is -2.39. The summed E-state index contributed by atoms with van der Waals surface area (Å²) in [4.78, 5) is 23.1. The minimum absolute atomic E-state index is 0. The molecule has 0 spiro atoms. The molecule has 1 amide bonds. The fourth-order valence-electron chi connectivity index (χ4n) is 1.56. The van der Waals surface area contributed by atoms with Gasteiger partial charge in [0.25, 0.3) is 0 Å². The maximum Gasteiger partial charge on any atom is 0.243 e. The Balaban J connectivity index is 0.00000441. The minimum atomic E-state index is -0.0154. The molecule has 6 nitrogen and oxygen atoms in total. The van der Waals surface area contributed by atoms with Gasteiger partial charge < -0.3 is 15.5 Å². The summed E-state index contributed by atoms with van der Waals surface area (Å²) in [5.41, 5.74) is 1.10. The highest BCUT2D eigenvalue weighted by molar-refractivity contribution is 14.0. The molecule has 0 bridgehead atoms. The van der Waals surface area contributed by atoms with E-state index in [4.69, 9.17) is 0 Å². The number of aromatic nitrogens is 1. The molecule has 0 radical (unpaired) electrons. The smallest absolute Gasteiger partial charge is 0.243 e. The number of guanidine groups is 1. The molecule has 0 aliphatic carbocycles. The van der Waals surface area contributed by atoms with Gasteiger partial charge in [0, 0.05) is 38.5 Å². The van der Waals surface area contributed by atoms with Crippen LogP contribution < -0.4 is 10.6 Å². The van der Waals surface area contributed by atoms with Gasteiger partial charge in [0.1, 0.15) is 6.54 Å². The second-order valence-corrected chi connectivity index (χ2v) is 6.20. The number of nitrogens with one attached hydrogen (secondary N) is 2. The predicted octanol–water partition coefficient (Wildman–Crippen LogP) is 1.56. The molecule has 0 fully saturated rings. The summed E-state index contributed by atoms with van der Waals surface area (Å²) >= 11 is 1.73. The highest BCUT2D eigenvalue weighted by Gasteiger charge is 2.06. The number of likely N-dealkylation sites (N-methyl/N-ethyl adjacent to an activating group) is 1. The van der Waals surface area contributed by atoms with Gasteiger partial charge in [-0.1, -0.05) is 0 Å². The molecule has 1 heterocycles. The zero-order valence-corrected chi connectivity index (χ0v) is 17.0. The number of carbonyl (C=O) groups is 1. The molecule has 0 aromatic carbocycles. The topological polar surface area (TPSA) is 69.6 Å². The zero-order valence-electron chi connectivity index (χ0n) is 13.9. The van der Waals surface area contributed by atoms with Gasteiger partial charge in [0.05, 0.1) is 10.7 Å². The van der Waals surface area contributed by atoms with Crippen molar-refractivity contribution in [2.75, 3.05) is 33.7 Å². The minimum Gasteiger partial charge on any atom is -0.357 e. The molecule has 1 aromatic heterocycles. The molecule has 2 N–H and O–H groups in total. The summed E-state index contributed by atoms with van der Waals surface area (Å²) in [5, 5.41) is 7.48. The number of rotatable bonds is 6. The highest BCUT2D eigenvalue weighted by Crippen LogP contribution is 2.16. The molecular weight excluding hydrogens is 413 g/mol. The van der Waals surface area contributed by atoms with Crippen molar-refractivity contribution in [2.24, 2.45) is 4.99 Å². The van der Waals surface area contributed by atoms with Gasteiger partial charge in [-0.25, -0.2) is 9.98 Å². The van der Waals surface area contributed by atoms with E-state index in [0.717, 1.165) is 30.2 Å². The number of halogens is 1. The number of nitrogens with zero attached hydrogens (tertiary/aromatic N) is 3. The number of aryl methyl sites for hydroxylation is 2. The molecule has 126 valence electrons. The highest BCUT2D eigenvalue weighted by atomic mass is 127. The summed E-state index contributed by atoms with van der Waals surface area (Å²) in [6, 6.07) is 0. The Morgan fingerprint density at radius 3 is 2.50 bits per heavy atom. The molecule has 0 saturated heterocycles. The van der Waals surface area contributed by atoms with Crippen molar-refractivity contribution in [1.82, 2.24) is 20.5 Å². The molecular formula is C14H26IN5OS. The second kappa shape index (κ2) is 10.8. The number of carbonyl (C=O) groups excluding carboxylic acids is 1. The number of thiazole rings is 1. The third-order valence-electron chi connectivity index (χ3n) is 2.92. The van der Waals surface area contributed by atoms with E-state index in [9.17, 15) is 4.79 Å². The maximum atomic E-state index is 11.5. The van der Waals surface area contributed by atoms with E-state index in [0.29, 0.717) is 5.96 Å². The van der Waals surface area contributed by atoms with Crippen LogP contribution in [-0.2, 0) is 11.2 Å². The van der Waals surface area contributed by atoms with E-state index >= 15 is 0 Å². The first-order valence-corrected chi connectivity index (χ1v) is 7.91. The summed E-state index contributed by atoms with van der Waals surface area (Å²) in [7, 11) is 3.46. The summed E-state index contributed by atoms with van der Waals surface area (Å²) in [6.07, 6.45) is 0.853. The first-order valence-electron chi connectivity index (χ1n) is 7.09. The number of aliphatic imine (C=N–C) groups is 1. The van der Waals surface area contributed by atoms with Crippen LogP contribution in [-0.4, -0.2) is 55.5 Å². The third kappa shape index (κ3) is 7.39. The van der Waals surface area contributed by atoms with Crippen molar-refractivity contribution in [2.45, 2.75) is 27.2 Å². The van der Waals surface area contributed by atoms with Crippen molar-refractivity contribution in [3.05, 3.63) is 15.6 Å². The van der Waals surface area contributed by atoms with Gasteiger partial charge in [-0.3, -0.25) is 4.79 Å². The zero-order chi connectivity index (χ0) is 15.8. The lowest BCUT2D eigenvalue weighted by atomic mass is 10.4. The van der Waals surface area contributed by atoms with E-state index in [2.05, 4.69) is 27.5 Å². The lowest BCUT2D eigenvalue weighted by molar-refractivity contribution is -0.127. The molecule has 8 heteroatoms. The quantitative estimate of drug-likeness (QED) is 0.401. The van der Waals surface area contributed by atoms with Crippen LogP contribution in [0, 0.1) is 13.8 Å². The monoisotopic (exact) mass is 439 g/mol. The standard InChI is InChI=1S/C14H25N5OS.HI/c1-6-15-14(17-9-13(20)19(4)5)16-8-7-12-18-10(2)11(3)21-12;/h6-9H2,1-5H3,(H2,15,16,17);1H. The lowest BCUT2D eigenvalue weighted by Gasteiger charge is -2.12. The Kier molecular flexibility index (Phi) is 10.3. The molecule has 1 rings (SSSR count). The summed E-state index contributed by atoms with van der Waals surface area (Å²) in [5.74, 6) is 0.649. The van der Waals surface area contributed by atoms with Gasteiger partial charge in [-0.05, 0) is 20.8 Å². The van der Waals surface area contributed by atoms with E-state index < -0.39 is 0 Å². The van der Waals surface area contributed by atoms with Gasteiger partial charge in [-0.2, -0.15) is 0 Å². The number of amides is 1. The molecule has 1 aromatic rings. The normalized spacial score (nSPS) is 10.9. The van der Waals surface area contributed by atoms with Crippen LogP contribution in [0.25, 0.3) is 0 Å². The van der Waals surface area contributed by atoms with Gasteiger partial charge >= 0.3 is 0 Å². The van der Waals surface area contributed by atoms with Crippen LogP contribution in [0.2, 0.25) is 0 Å². The maximum absolute atomic E-state index is 11.5. The molecule has 0 atom stereocenters. The van der Waals surface area contributed by atoms with Crippen LogP contribution in [0.4, 0.5) is 0 Å². The van der Waals surface area contributed by atoms with Crippen LogP contribution in [0.3, 0.4) is 0 Å². The first kappa shape index (κ1) is 21.1. The van der Waals surface area contributed by atoms with Crippen molar-refractivity contribution in [3.8, 4) is 0 Å². The van der Waals surface area contributed by atoms with Crippen LogP contribution in [0.1, 0.15) is 22.5 Å². The first-order chi connectivity index (χ1) is 9.93. The average Bonchev–Trinajstić information content (AvgIpc) is 2.74. The van der Waals surface area contributed by atoms with Gasteiger partial charge in [0.2, 0.25) is 5.91 Å². The summed E-state index contributed by atoms with van der Waals surface area (Å²) < 4.78 is 0. The van der Waals surface area contributed by atoms with E-state index in [1.165, 1.54) is 9.78 Å². The van der Waals surface area contributed by atoms with E-state index in [1.54, 1.807) is 25.4 Å². The Morgan fingerprint density at radius 2 is 2.00 bits per heavy atom. The fourth-order valence-corrected chi connectivity index (χ4v) is 2.50. The molecule has 22 heavy (non-hydrogen) atoms. The fraction of sp³-hybridized carbons (Fsp3) is 0.643. The molecule has 0 saturated carbocycles. The predicted molar refractivity (Wildman–Crippen MR) is 103 cm³/mol. The van der Waals surface area contributed by atoms with Crippen molar-refractivity contribution in [1.29, 1.82) is 0 Å². The van der Waals surface area contributed by atoms with Crippen molar-refractivity contribution >= 4 is 47.2 Å². The van der Waals surface area contributed by atoms with Gasteiger partial charge in [-0.15, -0.1) is 35.3 Å². The largest absolute Gasteiger partial charge is 0.357 e. The van der Waals surface area contributed by atoms with Crippen molar-refractivity contribution in [3.63, 3.8) is 0 Å². The molecule has 0 unspecified atom stereocenters. The van der Waals surface area contributed by atoms with Crippen LogP contribution >= 0.6 is 35.3 Å². The Bertz CT molecular complexity index is 482.